The molecule has 0 radical (unpaired) electrons. The van der Waals surface area contributed by atoms with Crippen LogP contribution in [0.2, 0.25) is 0 Å². The summed E-state index contributed by atoms with van der Waals surface area (Å²) in [5, 5.41) is 3.40. The number of nitrogens with one attached hydrogen (secondary N) is 1. The van der Waals surface area contributed by atoms with E-state index < -0.39 is 0 Å². The monoisotopic (exact) mass is 338 g/mol. The van der Waals surface area contributed by atoms with E-state index in [1.807, 2.05) is 12.1 Å². The fraction of sp³-hybridized carbons (Fsp3) is 0.400. The van der Waals surface area contributed by atoms with Gasteiger partial charge in [-0.1, -0.05) is 30.3 Å². The van der Waals surface area contributed by atoms with Crippen molar-refractivity contribution in [3.05, 3.63) is 60.4 Å². The fourth-order valence-electron chi connectivity index (χ4n) is 3.12. The average molecular weight is 338 g/mol. The molecule has 0 saturated carbocycles. The first-order valence-electron chi connectivity index (χ1n) is 8.98. The minimum absolute atomic E-state index is 0.552. The Bertz CT molecular complexity index is 660. The molecule has 2 aromatic rings. The summed E-state index contributed by atoms with van der Waals surface area (Å²) in [6.07, 6.45) is 4.63. The summed E-state index contributed by atoms with van der Waals surface area (Å²) in [6, 6.07) is 14.5. The maximum absolute atomic E-state index is 5.67. The summed E-state index contributed by atoms with van der Waals surface area (Å²) in [6.45, 7) is 6.20. The smallest absolute Gasteiger partial charge is 0.194 e. The van der Waals surface area contributed by atoms with Crippen LogP contribution in [-0.2, 0) is 0 Å². The molecule has 0 aliphatic carbocycles. The van der Waals surface area contributed by atoms with Crippen molar-refractivity contribution in [3.8, 4) is 5.75 Å². The second-order valence-electron chi connectivity index (χ2n) is 6.12. The van der Waals surface area contributed by atoms with Gasteiger partial charge in [0.1, 0.15) is 12.4 Å². The van der Waals surface area contributed by atoms with Gasteiger partial charge in [-0.2, -0.15) is 0 Å². The van der Waals surface area contributed by atoms with Crippen LogP contribution in [-0.4, -0.2) is 48.6 Å². The molecular formula is C20H26N4O. The SMILES string of the molecule is CCNC(=NCCOc1cccnc1)N1CCC(c2ccccc2)C1. The van der Waals surface area contributed by atoms with E-state index in [9.17, 15) is 0 Å². The third-order valence-electron chi connectivity index (χ3n) is 4.35. The molecule has 0 amide bonds. The molecule has 3 rings (SSSR count). The van der Waals surface area contributed by atoms with Gasteiger partial charge < -0.3 is 15.0 Å². The summed E-state index contributed by atoms with van der Waals surface area (Å²) in [4.78, 5) is 11.1. The van der Waals surface area contributed by atoms with Crippen molar-refractivity contribution in [1.29, 1.82) is 0 Å². The van der Waals surface area contributed by atoms with Crippen LogP contribution in [0.25, 0.3) is 0 Å². The zero-order chi connectivity index (χ0) is 17.3. The quantitative estimate of drug-likeness (QED) is 0.500. The van der Waals surface area contributed by atoms with Crippen molar-refractivity contribution in [3.63, 3.8) is 0 Å². The number of ether oxygens (including phenoxy) is 1. The number of hydrogen-bond donors (Lipinski definition) is 1. The van der Waals surface area contributed by atoms with E-state index in [1.54, 1.807) is 12.4 Å². The van der Waals surface area contributed by atoms with Crippen molar-refractivity contribution < 1.29 is 4.74 Å². The van der Waals surface area contributed by atoms with Gasteiger partial charge in [0.05, 0.1) is 12.7 Å². The molecular weight excluding hydrogens is 312 g/mol. The molecule has 2 heterocycles. The molecule has 1 saturated heterocycles. The van der Waals surface area contributed by atoms with E-state index in [-0.39, 0.29) is 0 Å². The highest BCUT2D eigenvalue weighted by atomic mass is 16.5. The van der Waals surface area contributed by atoms with Crippen molar-refractivity contribution in [1.82, 2.24) is 15.2 Å². The lowest BCUT2D eigenvalue weighted by molar-refractivity contribution is 0.326. The molecule has 5 nitrogen and oxygen atoms in total. The summed E-state index contributed by atoms with van der Waals surface area (Å²) >= 11 is 0. The second kappa shape index (κ2) is 9.06. The van der Waals surface area contributed by atoms with Gasteiger partial charge in [-0.05, 0) is 31.0 Å². The number of guanidine groups is 1. The topological polar surface area (TPSA) is 49.8 Å². The molecule has 1 aromatic carbocycles. The Morgan fingerprint density at radius 1 is 1.28 bits per heavy atom. The summed E-state index contributed by atoms with van der Waals surface area (Å²) in [5.74, 6) is 2.35. The van der Waals surface area contributed by atoms with E-state index in [0.29, 0.717) is 19.1 Å². The molecule has 1 aliphatic heterocycles. The first-order chi connectivity index (χ1) is 12.4. The molecule has 1 atom stereocenters. The largest absolute Gasteiger partial charge is 0.490 e. The number of rotatable bonds is 6. The number of likely N-dealkylation sites (tertiary alicyclic amines) is 1. The predicted octanol–water partition coefficient (Wildman–Crippen LogP) is 2.92. The maximum atomic E-state index is 5.67. The van der Waals surface area contributed by atoms with Crippen molar-refractivity contribution in [2.75, 3.05) is 32.8 Å². The third-order valence-corrected chi connectivity index (χ3v) is 4.35. The maximum Gasteiger partial charge on any atom is 0.194 e. The number of benzene rings is 1. The number of aromatic nitrogens is 1. The number of nitrogens with zero attached hydrogens (tertiary/aromatic N) is 3. The van der Waals surface area contributed by atoms with Gasteiger partial charge in [0, 0.05) is 31.7 Å². The molecule has 5 heteroatoms. The molecule has 1 unspecified atom stereocenters. The van der Waals surface area contributed by atoms with Gasteiger partial charge in [0.25, 0.3) is 0 Å². The van der Waals surface area contributed by atoms with Crippen molar-refractivity contribution in [2.24, 2.45) is 4.99 Å². The molecule has 1 N–H and O–H groups in total. The van der Waals surface area contributed by atoms with E-state index in [2.05, 4.69) is 52.5 Å². The van der Waals surface area contributed by atoms with Crippen LogP contribution < -0.4 is 10.1 Å². The van der Waals surface area contributed by atoms with E-state index in [1.165, 1.54) is 12.0 Å². The Balaban J connectivity index is 1.53. The molecule has 1 aromatic heterocycles. The van der Waals surface area contributed by atoms with Gasteiger partial charge in [-0.3, -0.25) is 4.98 Å². The number of aliphatic imine (C=N–C) groups is 1. The Morgan fingerprint density at radius 2 is 2.16 bits per heavy atom. The first kappa shape index (κ1) is 17.3. The molecule has 1 aliphatic rings. The highest BCUT2D eigenvalue weighted by Crippen LogP contribution is 2.26. The van der Waals surface area contributed by atoms with Crippen molar-refractivity contribution in [2.45, 2.75) is 19.3 Å². The summed E-state index contributed by atoms with van der Waals surface area (Å²) < 4.78 is 5.67. The van der Waals surface area contributed by atoms with Gasteiger partial charge in [0.2, 0.25) is 0 Å². The van der Waals surface area contributed by atoms with E-state index in [0.717, 1.165) is 31.3 Å². The minimum atomic E-state index is 0.552. The molecule has 0 bridgehead atoms. The Kier molecular flexibility index (Phi) is 6.26. The van der Waals surface area contributed by atoms with Crippen LogP contribution in [0.15, 0.2) is 59.9 Å². The second-order valence-corrected chi connectivity index (χ2v) is 6.12. The third kappa shape index (κ3) is 4.95. The highest BCUT2D eigenvalue weighted by Gasteiger charge is 2.25. The molecule has 132 valence electrons. The summed E-state index contributed by atoms with van der Waals surface area (Å²) in [7, 11) is 0. The van der Waals surface area contributed by atoms with Crippen LogP contribution in [0.3, 0.4) is 0 Å². The van der Waals surface area contributed by atoms with Crippen LogP contribution >= 0.6 is 0 Å². The lowest BCUT2D eigenvalue weighted by atomic mass is 9.99. The minimum Gasteiger partial charge on any atom is -0.490 e. The Morgan fingerprint density at radius 3 is 2.92 bits per heavy atom. The first-order valence-corrected chi connectivity index (χ1v) is 8.98. The van der Waals surface area contributed by atoms with Crippen LogP contribution in [0.4, 0.5) is 0 Å². The Hall–Kier alpha value is -2.56. The molecule has 1 fully saturated rings. The number of pyridine rings is 1. The standard InChI is InChI=1S/C20H26N4O/c1-2-22-20(23-12-14-25-19-9-6-11-21-15-19)24-13-10-18(16-24)17-7-4-3-5-8-17/h3-9,11,15,18H,2,10,12-14,16H2,1H3,(H,22,23). The normalized spacial score (nSPS) is 17.6. The van der Waals surface area contributed by atoms with Crippen molar-refractivity contribution >= 4 is 5.96 Å². The Labute approximate surface area is 149 Å². The van der Waals surface area contributed by atoms with E-state index in [4.69, 9.17) is 9.73 Å². The van der Waals surface area contributed by atoms with Crippen LogP contribution in [0, 0.1) is 0 Å². The predicted molar refractivity (Wildman–Crippen MR) is 101 cm³/mol. The van der Waals surface area contributed by atoms with Gasteiger partial charge in [-0.15, -0.1) is 0 Å². The number of hydrogen-bond acceptors (Lipinski definition) is 3. The lowest BCUT2D eigenvalue weighted by Gasteiger charge is -2.21. The summed E-state index contributed by atoms with van der Waals surface area (Å²) in [5.41, 5.74) is 1.42. The molecule has 0 spiro atoms. The van der Waals surface area contributed by atoms with Gasteiger partial charge >= 0.3 is 0 Å². The molecule has 25 heavy (non-hydrogen) atoms. The zero-order valence-electron chi connectivity index (χ0n) is 14.8. The lowest BCUT2D eigenvalue weighted by Crippen LogP contribution is -2.40. The zero-order valence-corrected chi connectivity index (χ0v) is 14.8. The van der Waals surface area contributed by atoms with Crippen LogP contribution in [0.1, 0.15) is 24.8 Å². The van der Waals surface area contributed by atoms with Gasteiger partial charge in [0.15, 0.2) is 5.96 Å². The average Bonchev–Trinajstić information content (AvgIpc) is 3.16. The van der Waals surface area contributed by atoms with E-state index >= 15 is 0 Å². The fourth-order valence-corrected chi connectivity index (χ4v) is 3.12. The highest BCUT2D eigenvalue weighted by molar-refractivity contribution is 5.80. The van der Waals surface area contributed by atoms with Crippen LogP contribution in [0.5, 0.6) is 5.75 Å². The van der Waals surface area contributed by atoms with Gasteiger partial charge in [-0.25, -0.2) is 4.99 Å².